The van der Waals surface area contributed by atoms with Gasteiger partial charge >= 0.3 is 0 Å². The van der Waals surface area contributed by atoms with E-state index in [1.54, 1.807) is 25.6 Å². The van der Waals surface area contributed by atoms with E-state index in [0.29, 0.717) is 6.04 Å². The number of para-hydroxylation sites is 1. The molecule has 0 aliphatic rings. The van der Waals surface area contributed by atoms with Crippen molar-refractivity contribution in [1.82, 2.24) is 5.32 Å². The maximum atomic E-state index is 5.46. The Hall–Kier alpha value is -1.52. The third-order valence-corrected chi connectivity index (χ3v) is 4.30. The van der Waals surface area contributed by atoms with Gasteiger partial charge in [0.2, 0.25) is 0 Å². The first kappa shape index (κ1) is 14.9. The molecule has 1 unspecified atom stereocenters. The van der Waals surface area contributed by atoms with E-state index in [0.717, 1.165) is 30.0 Å². The molecule has 0 fully saturated rings. The van der Waals surface area contributed by atoms with Crippen molar-refractivity contribution < 1.29 is 9.47 Å². The molecule has 0 spiro atoms. The Morgan fingerprint density at radius 3 is 2.60 bits per heavy atom. The van der Waals surface area contributed by atoms with Crippen LogP contribution in [0.1, 0.15) is 29.8 Å². The Kier molecular flexibility index (Phi) is 5.44. The molecular formula is C16H21NO2S. The van der Waals surface area contributed by atoms with Crippen LogP contribution < -0.4 is 14.8 Å². The third-order valence-electron chi connectivity index (χ3n) is 3.32. The zero-order valence-electron chi connectivity index (χ0n) is 12.2. The third kappa shape index (κ3) is 3.32. The number of hydrogen-bond acceptors (Lipinski definition) is 4. The largest absolute Gasteiger partial charge is 0.493 e. The second kappa shape index (κ2) is 7.31. The molecule has 0 amide bonds. The van der Waals surface area contributed by atoms with E-state index in [-0.39, 0.29) is 0 Å². The van der Waals surface area contributed by atoms with Gasteiger partial charge in [-0.2, -0.15) is 0 Å². The fourth-order valence-electron chi connectivity index (χ4n) is 2.26. The molecule has 0 bridgehead atoms. The summed E-state index contributed by atoms with van der Waals surface area (Å²) in [5.41, 5.74) is 1.11. The summed E-state index contributed by atoms with van der Waals surface area (Å²) in [5, 5.41) is 5.71. The molecule has 2 rings (SSSR count). The van der Waals surface area contributed by atoms with Gasteiger partial charge in [-0.15, -0.1) is 11.3 Å². The van der Waals surface area contributed by atoms with Gasteiger partial charge in [0, 0.05) is 23.0 Å². The first-order chi connectivity index (χ1) is 9.80. The number of ether oxygens (including phenoxy) is 2. The average Bonchev–Trinajstić information content (AvgIpc) is 3.01. The predicted molar refractivity (Wildman–Crippen MR) is 83.7 cm³/mol. The van der Waals surface area contributed by atoms with Crippen molar-refractivity contribution >= 4 is 11.3 Å². The van der Waals surface area contributed by atoms with Gasteiger partial charge in [0.25, 0.3) is 0 Å². The molecule has 0 saturated heterocycles. The van der Waals surface area contributed by atoms with Gasteiger partial charge in [-0.05, 0) is 23.9 Å². The van der Waals surface area contributed by atoms with Crippen LogP contribution in [0.3, 0.4) is 0 Å². The van der Waals surface area contributed by atoms with Crippen molar-refractivity contribution in [2.45, 2.75) is 25.9 Å². The molecule has 4 heteroatoms. The lowest BCUT2D eigenvalue weighted by atomic mass is 10.1. The number of methoxy groups -OCH3 is 2. The number of nitrogens with one attached hydrogen (secondary N) is 1. The molecule has 3 nitrogen and oxygen atoms in total. The van der Waals surface area contributed by atoms with Crippen molar-refractivity contribution in [3.05, 3.63) is 46.2 Å². The number of rotatable bonds is 7. The van der Waals surface area contributed by atoms with Gasteiger partial charge < -0.3 is 14.8 Å². The zero-order chi connectivity index (χ0) is 14.4. The van der Waals surface area contributed by atoms with E-state index >= 15 is 0 Å². The summed E-state index contributed by atoms with van der Waals surface area (Å²) in [6.07, 6.45) is 1.06. The van der Waals surface area contributed by atoms with Crippen molar-refractivity contribution in [2.24, 2.45) is 0 Å². The minimum atomic E-state index is 0.380. The Morgan fingerprint density at radius 2 is 2.00 bits per heavy atom. The topological polar surface area (TPSA) is 30.5 Å². The zero-order valence-corrected chi connectivity index (χ0v) is 13.0. The van der Waals surface area contributed by atoms with Crippen LogP contribution >= 0.6 is 11.3 Å². The second-order valence-electron chi connectivity index (χ2n) is 4.51. The van der Waals surface area contributed by atoms with Crippen molar-refractivity contribution in [1.29, 1.82) is 0 Å². The fourth-order valence-corrected chi connectivity index (χ4v) is 3.15. The van der Waals surface area contributed by atoms with E-state index in [9.17, 15) is 0 Å². The summed E-state index contributed by atoms with van der Waals surface area (Å²) in [6, 6.07) is 10.6. The molecule has 2 aromatic rings. The van der Waals surface area contributed by atoms with Crippen molar-refractivity contribution in [3.8, 4) is 11.5 Å². The first-order valence-electron chi connectivity index (χ1n) is 6.76. The van der Waals surface area contributed by atoms with Crippen molar-refractivity contribution in [3.63, 3.8) is 0 Å². The van der Waals surface area contributed by atoms with Gasteiger partial charge in [-0.1, -0.05) is 25.1 Å². The normalized spacial score (nSPS) is 12.2. The lowest BCUT2D eigenvalue weighted by Gasteiger charge is -2.18. The molecule has 1 N–H and O–H groups in total. The van der Waals surface area contributed by atoms with Crippen LogP contribution in [-0.4, -0.2) is 14.2 Å². The fraction of sp³-hybridized carbons (Fsp3) is 0.375. The molecular weight excluding hydrogens is 270 g/mol. The average molecular weight is 291 g/mol. The number of thiophene rings is 1. The van der Waals surface area contributed by atoms with Gasteiger partial charge in [-0.3, -0.25) is 0 Å². The van der Waals surface area contributed by atoms with Crippen LogP contribution in [0.2, 0.25) is 0 Å². The maximum absolute atomic E-state index is 5.46. The van der Waals surface area contributed by atoms with Gasteiger partial charge in [-0.25, -0.2) is 0 Å². The van der Waals surface area contributed by atoms with Gasteiger partial charge in [0.15, 0.2) is 11.5 Å². The second-order valence-corrected chi connectivity index (χ2v) is 5.49. The highest BCUT2D eigenvalue weighted by atomic mass is 32.1. The summed E-state index contributed by atoms with van der Waals surface area (Å²) in [6.45, 7) is 2.96. The molecule has 1 heterocycles. The van der Waals surface area contributed by atoms with Crippen LogP contribution in [0.25, 0.3) is 0 Å². The minimum absolute atomic E-state index is 0.380. The summed E-state index contributed by atoms with van der Waals surface area (Å²) in [4.78, 5) is 1.37. The van der Waals surface area contributed by atoms with Crippen LogP contribution in [0.15, 0.2) is 35.7 Å². The SMILES string of the molecule is CCC(NCc1cccc(OC)c1OC)c1cccs1. The minimum Gasteiger partial charge on any atom is -0.493 e. The molecule has 0 radical (unpaired) electrons. The highest BCUT2D eigenvalue weighted by Crippen LogP contribution is 2.31. The van der Waals surface area contributed by atoms with Crippen LogP contribution in [0, 0.1) is 0 Å². The Morgan fingerprint density at radius 1 is 1.15 bits per heavy atom. The Bertz CT molecular complexity index is 525. The van der Waals surface area contributed by atoms with E-state index in [2.05, 4.69) is 35.8 Å². The molecule has 20 heavy (non-hydrogen) atoms. The van der Waals surface area contributed by atoms with Crippen molar-refractivity contribution in [2.75, 3.05) is 14.2 Å². The summed E-state index contributed by atoms with van der Waals surface area (Å²) < 4.78 is 10.8. The molecule has 108 valence electrons. The molecule has 0 aliphatic heterocycles. The molecule has 0 saturated carbocycles. The predicted octanol–water partition coefficient (Wildman–Crippen LogP) is 4.01. The molecule has 1 aromatic heterocycles. The van der Waals surface area contributed by atoms with Crippen LogP contribution in [0.5, 0.6) is 11.5 Å². The van der Waals surface area contributed by atoms with Crippen LogP contribution in [0.4, 0.5) is 0 Å². The summed E-state index contributed by atoms with van der Waals surface area (Å²) in [7, 11) is 3.34. The standard InChI is InChI=1S/C16H21NO2S/c1-4-13(15-9-6-10-20-15)17-11-12-7-5-8-14(18-2)16(12)19-3/h5-10,13,17H,4,11H2,1-3H3. The van der Waals surface area contributed by atoms with E-state index in [4.69, 9.17) is 9.47 Å². The lowest BCUT2D eigenvalue weighted by Crippen LogP contribution is -2.19. The molecule has 1 aromatic carbocycles. The Balaban J connectivity index is 2.10. The maximum Gasteiger partial charge on any atom is 0.165 e. The summed E-state index contributed by atoms with van der Waals surface area (Å²) in [5.74, 6) is 1.58. The quantitative estimate of drug-likeness (QED) is 0.836. The van der Waals surface area contributed by atoms with E-state index in [1.807, 2.05) is 12.1 Å². The first-order valence-corrected chi connectivity index (χ1v) is 7.64. The Labute approximate surface area is 124 Å². The van der Waals surface area contributed by atoms with E-state index < -0.39 is 0 Å². The van der Waals surface area contributed by atoms with E-state index in [1.165, 1.54) is 4.88 Å². The monoisotopic (exact) mass is 291 g/mol. The highest BCUT2D eigenvalue weighted by molar-refractivity contribution is 7.10. The smallest absolute Gasteiger partial charge is 0.165 e. The number of benzene rings is 1. The number of hydrogen-bond donors (Lipinski definition) is 1. The highest BCUT2D eigenvalue weighted by Gasteiger charge is 2.13. The van der Waals surface area contributed by atoms with Gasteiger partial charge in [0.1, 0.15) is 0 Å². The molecule has 1 atom stereocenters. The summed E-state index contributed by atoms with van der Waals surface area (Å²) >= 11 is 1.79. The molecule has 0 aliphatic carbocycles. The van der Waals surface area contributed by atoms with Gasteiger partial charge in [0.05, 0.1) is 14.2 Å². The van der Waals surface area contributed by atoms with Crippen LogP contribution in [-0.2, 0) is 6.54 Å². The lowest BCUT2D eigenvalue weighted by molar-refractivity contribution is 0.349.